The van der Waals surface area contributed by atoms with E-state index in [2.05, 4.69) is 22.5 Å². The lowest BCUT2D eigenvalue weighted by Crippen LogP contribution is -2.39. The Morgan fingerprint density at radius 2 is 1.88 bits per heavy atom. The van der Waals surface area contributed by atoms with Gasteiger partial charge in [0.05, 0.1) is 16.8 Å². The standard InChI is InChI=1S/C28H34N4O2/c1-3-27(33)30-22-14-12-21(13-15-22)26-19-24(23-10-4-5-11-25(23)31-26)28(34)29-16-8-18-32-17-7-6-9-20(32)2/h4-5,10-15,19-20H,3,6-9,16-18H2,1-2H3,(H,29,34)(H,30,33)/t20-/m0/s1. The van der Waals surface area contributed by atoms with Gasteiger partial charge in [-0.05, 0) is 57.0 Å². The van der Waals surface area contributed by atoms with Gasteiger partial charge in [-0.25, -0.2) is 4.98 Å². The molecule has 34 heavy (non-hydrogen) atoms. The average Bonchev–Trinajstić information content (AvgIpc) is 2.87. The molecule has 6 nitrogen and oxygen atoms in total. The van der Waals surface area contributed by atoms with Crippen molar-refractivity contribution in [2.75, 3.05) is 25.0 Å². The molecule has 4 rings (SSSR count). The predicted molar refractivity (Wildman–Crippen MR) is 138 cm³/mol. The number of anilines is 1. The van der Waals surface area contributed by atoms with Gasteiger partial charge in [0.1, 0.15) is 0 Å². The molecule has 0 aliphatic carbocycles. The molecule has 1 aromatic heterocycles. The van der Waals surface area contributed by atoms with Crippen LogP contribution in [0, 0.1) is 0 Å². The van der Waals surface area contributed by atoms with E-state index >= 15 is 0 Å². The topological polar surface area (TPSA) is 74.3 Å². The third-order valence-corrected chi connectivity index (χ3v) is 6.59. The van der Waals surface area contributed by atoms with E-state index in [1.54, 1.807) is 0 Å². The van der Waals surface area contributed by atoms with Gasteiger partial charge in [-0.15, -0.1) is 0 Å². The van der Waals surface area contributed by atoms with Gasteiger partial charge in [0.2, 0.25) is 5.91 Å². The molecule has 178 valence electrons. The number of hydrogen-bond acceptors (Lipinski definition) is 4. The number of rotatable bonds is 8. The van der Waals surface area contributed by atoms with Crippen molar-refractivity contribution in [2.24, 2.45) is 0 Å². The molecule has 2 N–H and O–H groups in total. The number of fused-ring (bicyclic) bond motifs is 1. The van der Waals surface area contributed by atoms with Gasteiger partial charge in [0.25, 0.3) is 5.91 Å². The van der Waals surface area contributed by atoms with Gasteiger partial charge in [0.15, 0.2) is 0 Å². The van der Waals surface area contributed by atoms with E-state index < -0.39 is 0 Å². The first-order chi connectivity index (χ1) is 16.5. The maximum Gasteiger partial charge on any atom is 0.252 e. The Morgan fingerprint density at radius 1 is 1.09 bits per heavy atom. The van der Waals surface area contributed by atoms with Crippen LogP contribution < -0.4 is 10.6 Å². The SMILES string of the molecule is CCC(=O)Nc1ccc(-c2cc(C(=O)NCCCN3CCCC[C@@H]3C)c3ccccc3n2)cc1. The van der Waals surface area contributed by atoms with Crippen molar-refractivity contribution in [3.63, 3.8) is 0 Å². The molecule has 0 saturated carbocycles. The normalized spacial score (nSPS) is 16.4. The van der Waals surface area contributed by atoms with Crippen molar-refractivity contribution in [1.82, 2.24) is 15.2 Å². The Morgan fingerprint density at radius 3 is 2.65 bits per heavy atom. The van der Waals surface area contributed by atoms with Crippen LogP contribution in [0.4, 0.5) is 5.69 Å². The van der Waals surface area contributed by atoms with Crippen LogP contribution in [0.15, 0.2) is 54.6 Å². The van der Waals surface area contributed by atoms with Crippen LogP contribution >= 0.6 is 0 Å². The third kappa shape index (κ3) is 5.81. The van der Waals surface area contributed by atoms with Crippen molar-refractivity contribution in [3.8, 4) is 11.3 Å². The molecule has 0 radical (unpaired) electrons. The number of pyridine rings is 1. The first kappa shape index (κ1) is 23.9. The first-order valence-corrected chi connectivity index (χ1v) is 12.4. The van der Waals surface area contributed by atoms with Gasteiger partial charge >= 0.3 is 0 Å². The second-order valence-electron chi connectivity index (χ2n) is 9.04. The molecule has 2 heterocycles. The molecule has 3 aromatic rings. The van der Waals surface area contributed by atoms with Crippen LogP contribution in [0.5, 0.6) is 0 Å². The maximum atomic E-state index is 13.2. The van der Waals surface area contributed by atoms with Gasteiger partial charge in [0, 0.05) is 42.2 Å². The van der Waals surface area contributed by atoms with Gasteiger partial charge < -0.3 is 15.5 Å². The lowest BCUT2D eigenvalue weighted by molar-refractivity contribution is -0.115. The van der Waals surface area contributed by atoms with E-state index in [9.17, 15) is 9.59 Å². The van der Waals surface area contributed by atoms with E-state index in [1.165, 1.54) is 19.3 Å². The van der Waals surface area contributed by atoms with Crippen LogP contribution in [0.2, 0.25) is 0 Å². The molecule has 0 spiro atoms. The number of piperidine rings is 1. The molecule has 1 saturated heterocycles. The largest absolute Gasteiger partial charge is 0.352 e. The van der Waals surface area contributed by atoms with Crippen LogP contribution in [0.1, 0.15) is 56.3 Å². The molecule has 2 aromatic carbocycles. The van der Waals surface area contributed by atoms with Crippen molar-refractivity contribution in [2.45, 2.75) is 52.0 Å². The van der Waals surface area contributed by atoms with Gasteiger partial charge in [-0.3, -0.25) is 9.59 Å². The van der Waals surface area contributed by atoms with Crippen LogP contribution in [0.3, 0.4) is 0 Å². The highest BCUT2D eigenvalue weighted by molar-refractivity contribution is 6.07. The second-order valence-corrected chi connectivity index (χ2v) is 9.04. The maximum absolute atomic E-state index is 13.2. The summed E-state index contributed by atoms with van der Waals surface area (Å²) in [6.45, 7) is 6.95. The first-order valence-electron chi connectivity index (χ1n) is 12.4. The molecule has 1 fully saturated rings. The molecule has 1 aliphatic heterocycles. The quantitative estimate of drug-likeness (QED) is 0.453. The number of hydrogen-bond donors (Lipinski definition) is 2. The van der Waals surface area contributed by atoms with E-state index in [0.717, 1.165) is 47.4 Å². The molecule has 0 bridgehead atoms. The van der Waals surface area contributed by atoms with E-state index in [1.807, 2.05) is 61.5 Å². The van der Waals surface area contributed by atoms with Crippen molar-refractivity contribution in [3.05, 3.63) is 60.2 Å². The summed E-state index contributed by atoms with van der Waals surface area (Å²) >= 11 is 0. The molecular weight excluding hydrogens is 424 g/mol. The number of benzene rings is 2. The Bertz CT molecular complexity index is 1140. The minimum absolute atomic E-state index is 0.0229. The molecule has 2 amide bonds. The number of nitrogens with zero attached hydrogens (tertiary/aromatic N) is 2. The van der Waals surface area contributed by atoms with Crippen molar-refractivity contribution >= 4 is 28.4 Å². The number of carbonyl (C=O) groups is 2. The van der Waals surface area contributed by atoms with Crippen LogP contribution in [-0.4, -0.2) is 47.4 Å². The van der Waals surface area contributed by atoms with Crippen LogP contribution in [0.25, 0.3) is 22.2 Å². The fraction of sp³-hybridized carbons (Fsp3) is 0.393. The Labute approximate surface area is 201 Å². The zero-order valence-electron chi connectivity index (χ0n) is 20.1. The van der Waals surface area contributed by atoms with Gasteiger partial charge in [-0.2, -0.15) is 0 Å². The highest BCUT2D eigenvalue weighted by Gasteiger charge is 2.18. The lowest BCUT2D eigenvalue weighted by atomic mass is 10.0. The van der Waals surface area contributed by atoms with Gasteiger partial charge in [-0.1, -0.05) is 43.7 Å². The Hall–Kier alpha value is -3.25. The van der Waals surface area contributed by atoms with Crippen molar-refractivity contribution in [1.29, 1.82) is 0 Å². The minimum Gasteiger partial charge on any atom is -0.352 e. The number of para-hydroxylation sites is 1. The number of nitrogens with one attached hydrogen (secondary N) is 2. The number of aromatic nitrogens is 1. The zero-order valence-corrected chi connectivity index (χ0v) is 20.1. The van der Waals surface area contributed by atoms with Crippen molar-refractivity contribution < 1.29 is 9.59 Å². The smallest absolute Gasteiger partial charge is 0.252 e. The zero-order chi connectivity index (χ0) is 23.9. The molecular formula is C28H34N4O2. The van der Waals surface area contributed by atoms with E-state index in [0.29, 0.717) is 24.6 Å². The summed E-state index contributed by atoms with van der Waals surface area (Å²) in [7, 11) is 0. The van der Waals surface area contributed by atoms with Crippen LogP contribution in [-0.2, 0) is 4.79 Å². The summed E-state index contributed by atoms with van der Waals surface area (Å²) in [5.41, 5.74) is 3.80. The second kappa shape index (κ2) is 11.3. The Kier molecular flexibility index (Phi) is 7.91. The fourth-order valence-electron chi connectivity index (χ4n) is 4.55. The number of amides is 2. The highest BCUT2D eigenvalue weighted by atomic mass is 16.2. The molecule has 1 atom stereocenters. The summed E-state index contributed by atoms with van der Waals surface area (Å²) in [6, 6.07) is 17.8. The summed E-state index contributed by atoms with van der Waals surface area (Å²) in [4.78, 5) is 32.1. The summed E-state index contributed by atoms with van der Waals surface area (Å²) in [5, 5.41) is 6.83. The average molecular weight is 459 g/mol. The number of carbonyl (C=O) groups excluding carboxylic acids is 2. The third-order valence-electron chi connectivity index (χ3n) is 6.59. The molecule has 0 unspecified atom stereocenters. The Balaban J connectivity index is 1.48. The van der Waals surface area contributed by atoms with E-state index in [-0.39, 0.29) is 11.8 Å². The summed E-state index contributed by atoms with van der Waals surface area (Å²) < 4.78 is 0. The summed E-state index contributed by atoms with van der Waals surface area (Å²) in [6.07, 6.45) is 5.24. The number of likely N-dealkylation sites (tertiary alicyclic amines) is 1. The highest BCUT2D eigenvalue weighted by Crippen LogP contribution is 2.26. The molecule has 1 aliphatic rings. The lowest BCUT2D eigenvalue weighted by Gasteiger charge is -2.33. The molecule has 6 heteroatoms. The minimum atomic E-state index is -0.0710. The predicted octanol–water partition coefficient (Wildman–Crippen LogP) is 5.24. The summed E-state index contributed by atoms with van der Waals surface area (Å²) in [5.74, 6) is -0.0938. The fourth-order valence-corrected chi connectivity index (χ4v) is 4.55. The van der Waals surface area contributed by atoms with E-state index in [4.69, 9.17) is 4.98 Å². The monoisotopic (exact) mass is 458 g/mol.